The number of nitrogens with one attached hydrogen (secondary N) is 1. The molecular formula is C95H169N6O33P5. The molecule has 0 aromatic carbocycles. The Morgan fingerprint density at radius 2 is 0.791 bits per heavy atom. The lowest BCUT2D eigenvalue weighted by Gasteiger charge is -2.44. The zero-order valence-electron chi connectivity index (χ0n) is 86.3. The van der Waals surface area contributed by atoms with Crippen molar-refractivity contribution in [2.45, 2.75) is 288 Å². The summed E-state index contributed by atoms with van der Waals surface area (Å²) in [6.07, 6.45) is 10.9. The van der Waals surface area contributed by atoms with Crippen molar-refractivity contribution < 1.29 is 155 Å². The predicted octanol–water partition coefficient (Wildman–Crippen LogP) is 19.2. The van der Waals surface area contributed by atoms with Crippen LogP contribution in [-0.4, -0.2) is 278 Å². The first kappa shape index (κ1) is 127. The maximum absolute atomic E-state index is 15.1. The molecule has 12 unspecified atom stereocenters. The topological polar surface area (TPSA) is 424 Å². The summed E-state index contributed by atoms with van der Waals surface area (Å²) in [6, 6.07) is 3.70. The summed E-state index contributed by atoms with van der Waals surface area (Å²) in [7, 11) is -13.7. The lowest BCUT2D eigenvalue weighted by atomic mass is 9.79. The Hall–Kier alpha value is -3.88. The van der Waals surface area contributed by atoms with Gasteiger partial charge >= 0.3 is 59.1 Å². The highest BCUT2D eigenvalue weighted by atomic mass is 31.2. The minimum absolute atomic E-state index is 0.0301. The molecule has 21 atom stereocenters. The van der Waals surface area contributed by atoms with E-state index in [-0.39, 0.29) is 249 Å². The van der Waals surface area contributed by atoms with Gasteiger partial charge in [-0.1, -0.05) is 114 Å². The monoisotopic (exact) mass is 2080 g/mol. The van der Waals surface area contributed by atoms with Crippen LogP contribution in [0.2, 0.25) is 0 Å². The summed E-state index contributed by atoms with van der Waals surface area (Å²) >= 11 is 0. The van der Waals surface area contributed by atoms with E-state index in [1.54, 1.807) is 6.92 Å². The minimum atomic E-state index is -4.52. The average Bonchev–Trinajstić information content (AvgIpc) is 0.792. The van der Waals surface area contributed by atoms with Gasteiger partial charge < -0.3 is 131 Å². The first-order valence-electron chi connectivity index (χ1n) is 50.6. The van der Waals surface area contributed by atoms with E-state index in [9.17, 15) is 29.0 Å². The maximum atomic E-state index is 15.1. The van der Waals surface area contributed by atoms with Crippen LogP contribution in [-0.2, 0) is 153 Å². The molecule has 0 aromatic heterocycles. The van der Waals surface area contributed by atoms with Crippen molar-refractivity contribution in [3.63, 3.8) is 0 Å². The molecular weight excluding hydrogens is 1910 g/mol. The number of nitrogens with zero attached hydrogens (tertiary/aromatic N) is 5. The van der Waals surface area contributed by atoms with Gasteiger partial charge in [-0.3, -0.25) is 37.3 Å². The number of nitriles is 2. The van der Waals surface area contributed by atoms with Crippen molar-refractivity contribution >= 4 is 65.0 Å². The van der Waals surface area contributed by atoms with Gasteiger partial charge in [-0.25, -0.2) is 24.3 Å². The van der Waals surface area contributed by atoms with Crippen LogP contribution in [0.4, 0.5) is 0 Å². The summed E-state index contributed by atoms with van der Waals surface area (Å²) in [5.74, 6) is -0.337. The third-order valence-electron chi connectivity index (χ3n) is 23.8. The van der Waals surface area contributed by atoms with E-state index in [0.717, 1.165) is 51.4 Å². The Kier molecular flexibility index (Phi) is 74.4. The molecule has 802 valence electrons. The van der Waals surface area contributed by atoms with Crippen LogP contribution in [0.15, 0.2) is 0 Å². The number of phosphoric acid groups is 1. The Labute approximate surface area is 835 Å². The van der Waals surface area contributed by atoms with E-state index >= 15 is 4.57 Å². The molecule has 139 heavy (non-hydrogen) atoms. The zero-order valence-corrected chi connectivity index (χ0v) is 89.8. The predicted molar refractivity (Wildman–Crippen MR) is 521 cm³/mol. The number of unbranched alkanes of at least 4 members (excludes halogenated alkanes) is 12. The molecule has 3 saturated heterocycles. The first-order valence-corrected chi connectivity index (χ1v) is 56.3. The quantitative estimate of drug-likeness (QED) is 0.0194. The van der Waals surface area contributed by atoms with E-state index in [1.807, 2.05) is 19.9 Å². The van der Waals surface area contributed by atoms with Crippen molar-refractivity contribution in [2.24, 2.45) is 58.7 Å². The molecule has 0 radical (unpaired) electrons. The second kappa shape index (κ2) is 81.2. The van der Waals surface area contributed by atoms with Gasteiger partial charge in [0.15, 0.2) is 18.9 Å². The maximum Gasteiger partial charge on any atom is 0.474 e. The van der Waals surface area contributed by atoms with Gasteiger partial charge in [-0.05, 0) is 126 Å². The largest absolute Gasteiger partial charge is 0.474 e. The fourth-order valence-corrected chi connectivity index (χ4v) is 20.9. The molecule has 0 spiro atoms. The van der Waals surface area contributed by atoms with Crippen molar-refractivity contribution in [2.75, 3.05) is 211 Å². The van der Waals surface area contributed by atoms with Crippen LogP contribution in [0.3, 0.4) is 0 Å². The Morgan fingerprint density at radius 1 is 0.410 bits per heavy atom. The zero-order chi connectivity index (χ0) is 103. The summed E-state index contributed by atoms with van der Waals surface area (Å²) in [5, 5.41) is 21.9. The van der Waals surface area contributed by atoms with Gasteiger partial charge in [0.2, 0.25) is 25.5 Å². The average molecular weight is 2080 g/mol. The van der Waals surface area contributed by atoms with Crippen LogP contribution in [0, 0.1) is 101 Å². The lowest BCUT2D eigenvalue weighted by molar-refractivity contribution is -0.255. The second-order valence-corrected chi connectivity index (χ2v) is 42.8. The molecule has 0 aromatic rings. The Balaban J connectivity index is 1.89. The molecule has 3 aliphatic rings. The fraction of sp³-hybridized carbons (Fsp3) is 0.905. The second-order valence-electron chi connectivity index (χ2n) is 35.3. The van der Waals surface area contributed by atoms with Crippen LogP contribution in [0.25, 0.3) is 14.5 Å². The highest BCUT2D eigenvalue weighted by Gasteiger charge is 2.45. The molecule has 3 heterocycles. The first-order chi connectivity index (χ1) is 67.6. The van der Waals surface area contributed by atoms with Crippen molar-refractivity contribution in [3.05, 3.63) is 34.3 Å². The number of hydrogen-bond donors (Lipinski definition) is 1. The van der Waals surface area contributed by atoms with Crippen LogP contribution >= 0.6 is 41.2 Å². The number of ether oxygens (including phenoxy) is 13. The van der Waals surface area contributed by atoms with Gasteiger partial charge in [0.05, 0.1) is 154 Å². The molecule has 44 heteroatoms. The number of amides is 1. The Bertz CT molecular complexity index is 3440. The van der Waals surface area contributed by atoms with E-state index in [0.29, 0.717) is 142 Å². The van der Waals surface area contributed by atoms with Crippen molar-refractivity contribution in [3.8, 4) is 12.1 Å². The molecule has 1 amide bonds. The third-order valence-corrected chi connectivity index (χ3v) is 30.9. The molecule has 3 fully saturated rings. The summed E-state index contributed by atoms with van der Waals surface area (Å²) in [4.78, 5) is 57.5. The number of carbonyl (C=O) groups excluding carboxylic acids is 4. The van der Waals surface area contributed by atoms with E-state index in [2.05, 4.69) is 67.5 Å². The number of hydrogen-bond acceptors (Lipinski definition) is 35. The van der Waals surface area contributed by atoms with Crippen LogP contribution < -0.4 is 5.32 Å². The van der Waals surface area contributed by atoms with E-state index in [4.69, 9.17) is 151 Å². The van der Waals surface area contributed by atoms with Gasteiger partial charge in [0.1, 0.15) is 39.6 Å². The molecule has 3 aliphatic heterocycles. The van der Waals surface area contributed by atoms with E-state index < -0.39 is 90.2 Å². The van der Waals surface area contributed by atoms with Crippen LogP contribution in [0.5, 0.6) is 0 Å². The molecule has 1 N–H and O–H groups in total. The fourth-order valence-electron chi connectivity index (χ4n) is 14.8. The minimum Gasteiger partial charge on any atom is -0.463 e. The molecule has 0 aliphatic carbocycles. The lowest BCUT2D eigenvalue weighted by Crippen LogP contribution is -2.58. The standard InChI is InChI=1S/C95H169N6O33P5/c1-18-47-108-66-87(67-130-138(106,127-19-2)65-36-28-42-96)41-27-26-35-60-128-139(107,129-61-37-43-97)131-74-95(71-109-48-38-57-121-135(124-62-44-98-15)118-54-32-23-20-29-51-112-92-81(9)75(3)77(5)88(132-92)68-115-84(12)103,72-110-49-39-58-122-136(125-63-45-99-16)119-55-33-24-21-30-52-113-93-82(10)76(4)78(6)89(133-93)69-116-85(13)104)73-111-50-40-59-123-137(126-64-46-100-17)120-56-34-25-22-31-53-114-94-91(101-83(11)102)80(8)79(7)90(134-94)70-117-86(14)105/h75-82,87-94H,18-41,44-74H2,1-14H3,(H,101,102)/t75-,76-,77+,78+,79+,80-,81?,82?,87?,88?,89?,90?,91?,92+,93+,94+,95?,135?,136?,137?,138?,139?/m0/s1/i1D. The van der Waals surface area contributed by atoms with Crippen molar-refractivity contribution in [1.29, 1.82) is 10.5 Å². The molecule has 3 rings (SSSR count). The normalized spacial score (nSPS) is 23.8. The van der Waals surface area contributed by atoms with Crippen molar-refractivity contribution in [1.82, 2.24) is 5.32 Å². The number of carbonyl (C=O) groups is 4. The summed E-state index contributed by atoms with van der Waals surface area (Å²) in [5.41, 5.74) is -1.28. The number of rotatable bonds is 89. The Morgan fingerprint density at radius 3 is 1.19 bits per heavy atom. The van der Waals surface area contributed by atoms with E-state index in [1.165, 1.54) is 27.7 Å². The third kappa shape index (κ3) is 60.3. The summed E-state index contributed by atoms with van der Waals surface area (Å²) < 4.78 is 200. The molecule has 39 nitrogen and oxygen atoms in total. The highest BCUT2D eigenvalue weighted by Crippen LogP contribution is 2.53. The summed E-state index contributed by atoms with van der Waals surface area (Å²) in [6.45, 7) is 50.2. The SMILES string of the molecule is [2H]CCCOCC(CCCCCOP(=O)(OCCC#N)OCC(COCCCOP(OCCCCCCO[C@@H]1OC(COC(C)=O)[C@H](C)[C@H](C)C1C)OCC[N+]#[C-])(COCCCOP(OCCCCCCO[C@@H]1OC(COC(C)=O)[C@H](C)[C@H](C)C1C)OCC[N+]#[C-])COCCCOP(OCCCCCCO[C@@H]1OC(COC(C)=O)[C@H](C)[C@H](C)C1NC(C)=O)OCC[N+]#[C-])COP(=O)(CCCC#N)OCC. The molecule has 0 saturated carbocycles. The highest BCUT2D eigenvalue weighted by molar-refractivity contribution is 7.53. The van der Waals surface area contributed by atoms with Gasteiger partial charge in [0.25, 0.3) is 0 Å². The number of phosphoric ester groups is 1. The smallest absolute Gasteiger partial charge is 0.463 e. The van der Waals surface area contributed by atoms with Gasteiger partial charge in [-0.15, -0.1) is 0 Å². The van der Waals surface area contributed by atoms with Gasteiger partial charge in [0, 0.05) is 99.5 Å². The van der Waals surface area contributed by atoms with Gasteiger partial charge in [-0.2, -0.15) is 10.5 Å². The van der Waals surface area contributed by atoms with Crippen LogP contribution in [0.1, 0.15) is 246 Å². The number of esters is 3. The molecule has 0 bridgehead atoms.